The Morgan fingerprint density at radius 3 is 2.88 bits per heavy atom. The van der Waals surface area contributed by atoms with Crippen LogP contribution in [0.1, 0.15) is 31.4 Å². The minimum Gasteiger partial charge on any atom is -0.396 e. The van der Waals surface area contributed by atoms with Crippen LogP contribution in [0.2, 0.25) is 0 Å². The van der Waals surface area contributed by atoms with Crippen LogP contribution in [0.25, 0.3) is 0 Å². The van der Waals surface area contributed by atoms with Crippen LogP contribution in [-0.4, -0.2) is 28.5 Å². The van der Waals surface area contributed by atoms with Gasteiger partial charge in [0.05, 0.1) is 5.03 Å². The minimum absolute atomic E-state index is 0.242. The lowest BCUT2D eigenvalue weighted by molar-refractivity contribution is 0.289. The van der Waals surface area contributed by atoms with Gasteiger partial charge in [0.25, 0.3) is 0 Å². The molecule has 0 aromatic carbocycles. The lowest BCUT2D eigenvalue weighted by Gasteiger charge is -2.12. The molecule has 0 spiro atoms. The van der Waals surface area contributed by atoms with E-state index in [9.17, 15) is 0 Å². The molecule has 1 aromatic heterocycles. The van der Waals surface area contributed by atoms with Crippen molar-refractivity contribution in [3.63, 3.8) is 0 Å². The third-order valence-corrected chi connectivity index (χ3v) is 3.80. The summed E-state index contributed by atoms with van der Waals surface area (Å²) in [5, 5.41) is 13.7. The zero-order valence-corrected chi connectivity index (χ0v) is 11.7. The highest BCUT2D eigenvalue weighted by molar-refractivity contribution is 7.99. The number of aryl methyl sites for hydroxylation is 1. The number of hydrogen-bond acceptors (Lipinski definition) is 4. The molecule has 1 aromatic rings. The van der Waals surface area contributed by atoms with E-state index in [-0.39, 0.29) is 6.61 Å². The zero-order chi connectivity index (χ0) is 12.7. The second-order valence-corrected chi connectivity index (χ2v) is 5.61. The first kappa shape index (κ1) is 14.5. The van der Waals surface area contributed by atoms with Crippen LogP contribution >= 0.6 is 11.8 Å². The average Bonchev–Trinajstić information content (AvgIpc) is 2.30. The second kappa shape index (κ2) is 7.69. The monoisotopic (exact) mass is 254 g/mol. The van der Waals surface area contributed by atoms with Crippen molar-refractivity contribution in [1.82, 2.24) is 10.3 Å². The fraction of sp³-hybridized carbons (Fsp3) is 0.615. The van der Waals surface area contributed by atoms with Gasteiger partial charge in [-0.1, -0.05) is 19.9 Å². The van der Waals surface area contributed by atoms with Crippen LogP contribution in [0, 0.1) is 6.92 Å². The molecule has 0 fully saturated rings. The molecule has 4 heteroatoms. The van der Waals surface area contributed by atoms with Gasteiger partial charge < -0.3 is 10.4 Å². The Morgan fingerprint density at radius 2 is 2.29 bits per heavy atom. The van der Waals surface area contributed by atoms with E-state index in [1.54, 1.807) is 11.8 Å². The normalized spacial score (nSPS) is 12.7. The minimum atomic E-state index is 0.242. The molecule has 1 heterocycles. The van der Waals surface area contributed by atoms with E-state index in [0.717, 1.165) is 24.5 Å². The molecule has 0 radical (unpaired) electrons. The largest absolute Gasteiger partial charge is 0.396 e. The van der Waals surface area contributed by atoms with E-state index in [2.05, 4.69) is 37.1 Å². The highest BCUT2D eigenvalue weighted by Gasteiger charge is 2.08. The first-order valence-corrected chi connectivity index (χ1v) is 6.99. The molecule has 0 saturated heterocycles. The summed E-state index contributed by atoms with van der Waals surface area (Å²) < 4.78 is 0. The summed E-state index contributed by atoms with van der Waals surface area (Å²) >= 11 is 1.74. The topological polar surface area (TPSA) is 45.2 Å². The molecule has 0 amide bonds. The first-order chi connectivity index (χ1) is 8.17. The average molecular weight is 254 g/mol. The first-order valence-electron chi connectivity index (χ1n) is 6.11. The van der Waals surface area contributed by atoms with Crippen LogP contribution in [0.4, 0.5) is 0 Å². The van der Waals surface area contributed by atoms with Crippen molar-refractivity contribution in [3.05, 3.63) is 23.4 Å². The summed E-state index contributed by atoms with van der Waals surface area (Å²) in [4.78, 5) is 4.49. The molecule has 0 aliphatic carbocycles. The van der Waals surface area contributed by atoms with Gasteiger partial charge in [0.2, 0.25) is 0 Å². The van der Waals surface area contributed by atoms with Gasteiger partial charge in [-0.25, -0.2) is 4.98 Å². The van der Waals surface area contributed by atoms with Crippen LogP contribution in [0.15, 0.2) is 17.3 Å². The SMILES string of the molecule is CCNCc1cnc(SC(C)CCO)c(C)c1. The number of aliphatic hydroxyl groups is 1. The summed E-state index contributed by atoms with van der Waals surface area (Å²) in [6.45, 7) is 8.41. The van der Waals surface area contributed by atoms with E-state index in [1.165, 1.54) is 11.1 Å². The fourth-order valence-corrected chi connectivity index (χ4v) is 2.50. The maximum absolute atomic E-state index is 8.88. The number of rotatable bonds is 7. The number of aromatic nitrogens is 1. The van der Waals surface area contributed by atoms with Crippen molar-refractivity contribution in [2.45, 2.75) is 44.0 Å². The van der Waals surface area contributed by atoms with Crippen molar-refractivity contribution in [3.8, 4) is 0 Å². The molecule has 3 nitrogen and oxygen atoms in total. The maximum Gasteiger partial charge on any atom is 0.0991 e. The van der Waals surface area contributed by atoms with Crippen molar-refractivity contribution < 1.29 is 5.11 Å². The van der Waals surface area contributed by atoms with Gasteiger partial charge in [-0.3, -0.25) is 0 Å². The third kappa shape index (κ3) is 5.06. The van der Waals surface area contributed by atoms with Crippen molar-refractivity contribution in [2.75, 3.05) is 13.2 Å². The van der Waals surface area contributed by atoms with Crippen LogP contribution < -0.4 is 5.32 Å². The Bertz CT molecular complexity index is 344. The number of nitrogens with zero attached hydrogens (tertiary/aromatic N) is 1. The quantitative estimate of drug-likeness (QED) is 0.733. The van der Waals surface area contributed by atoms with Gasteiger partial charge in [0.15, 0.2) is 0 Å². The molecule has 1 atom stereocenters. The lowest BCUT2D eigenvalue weighted by Crippen LogP contribution is -2.12. The zero-order valence-electron chi connectivity index (χ0n) is 10.9. The lowest BCUT2D eigenvalue weighted by atomic mass is 10.2. The predicted octanol–water partition coefficient (Wildman–Crippen LogP) is 2.36. The van der Waals surface area contributed by atoms with E-state index >= 15 is 0 Å². The van der Waals surface area contributed by atoms with Gasteiger partial charge in [0.1, 0.15) is 0 Å². The highest BCUT2D eigenvalue weighted by atomic mass is 32.2. The molecule has 0 saturated carbocycles. The highest BCUT2D eigenvalue weighted by Crippen LogP contribution is 2.26. The molecule has 96 valence electrons. The summed E-state index contributed by atoms with van der Waals surface area (Å²) in [7, 11) is 0. The molecule has 1 rings (SSSR count). The number of aliphatic hydroxyl groups excluding tert-OH is 1. The fourth-order valence-electron chi connectivity index (χ4n) is 1.54. The van der Waals surface area contributed by atoms with Crippen molar-refractivity contribution in [1.29, 1.82) is 0 Å². The number of hydrogen-bond donors (Lipinski definition) is 2. The summed E-state index contributed by atoms with van der Waals surface area (Å²) in [5.41, 5.74) is 2.44. The Morgan fingerprint density at radius 1 is 1.53 bits per heavy atom. The van der Waals surface area contributed by atoms with Crippen LogP contribution in [-0.2, 0) is 6.54 Å². The van der Waals surface area contributed by atoms with Gasteiger partial charge in [-0.15, -0.1) is 11.8 Å². The number of pyridine rings is 1. The molecule has 1 unspecified atom stereocenters. The molecular weight excluding hydrogens is 232 g/mol. The number of nitrogens with one attached hydrogen (secondary N) is 1. The molecule has 2 N–H and O–H groups in total. The molecular formula is C13H22N2OS. The van der Waals surface area contributed by atoms with Crippen molar-refractivity contribution in [2.24, 2.45) is 0 Å². The Kier molecular flexibility index (Phi) is 6.55. The van der Waals surface area contributed by atoms with Gasteiger partial charge in [-0.05, 0) is 31.0 Å². The van der Waals surface area contributed by atoms with E-state index < -0.39 is 0 Å². The Labute approximate surface area is 108 Å². The van der Waals surface area contributed by atoms with E-state index in [4.69, 9.17) is 5.11 Å². The summed E-state index contributed by atoms with van der Waals surface area (Å²) in [6, 6.07) is 2.18. The molecule has 0 aliphatic rings. The predicted molar refractivity (Wildman–Crippen MR) is 73.4 cm³/mol. The summed E-state index contributed by atoms with van der Waals surface area (Å²) in [5.74, 6) is 0. The van der Waals surface area contributed by atoms with Crippen LogP contribution in [0.5, 0.6) is 0 Å². The standard InChI is InChI=1S/C13H22N2OS/c1-4-14-8-12-7-10(2)13(15-9-12)17-11(3)5-6-16/h7,9,11,14,16H,4-6,8H2,1-3H3. The molecule has 17 heavy (non-hydrogen) atoms. The summed E-state index contributed by atoms with van der Waals surface area (Å²) in [6.07, 6.45) is 2.74. The Balaban J connectivity index is 2.62. The van der Waals surface area contributed by atoms with Gasteiger partial charge in [0, 0.05) is 24.6 Å². The van der Waals surface area contributed by atoms with Crippen LogP contribution in [0.3, 0.4) is 0 Å². The third-order valence-electron chi connectivity index (χ3n) is 2.51. The maximum atomic E-state index is 8.88. The number of thioether (sulfide) groups is 1. The van der Waals surface area contributed by atoms with Gasteiger partial charge >= 0.3 is 0 Å². The van der Waals surface area contributed by atoms with E-state index in [0.29, 0.717) is 5.25 Å². The smallest absolute Gasteiger partial charge is 0.0991 e. The second-order valence-electron chi connectivity index (χ2n) is 4.19. The molecule has 0 aliphatic heterocycles. The van der Waals surface area contributed by atoms with E-state index in [1.807, 2.05) is 6.20 Å². The molecule has 0 bridgehead atoms. The van der Waals surface area contributed by atoms with Crippen molar-refractivity contribution >= 4 is 11.8 Å². The Hall–Kier alpha value is -0.580. The van der Waals surface area contributed by atoms with Gasteiger partial charge in [-0.2, -0.15) is 0 Å².